The van der Waals surface area contributed by atoms with Crippen molar-refractivity contribution >= 4 is 21.6 Å². The summed E-state index contributed by atoms with van der Waals surface area (Å²) < 4.78 is 27.8. The second-order valence-corrected chi connectivity index (χ2v) is 8.62. The molecule has 1 atom stereocenters. The zero-order chi connectivity index (χ0) is 18.3. The van der Waals surface area contributed by atoms with Gasteiger partial charge >= 0.3 is 0 Å². The van der Waals surface area contributed by atoms with E-state index in [-0.39, 0.29) is 6.04 Å². The lowest BCUT2D eigenvalue weighted by Crippen LogP contribution is -2.39. The quantitative estimate of drug-likeness (QED) is 0.604. The van der Waals surface area contributed by atoms with Gasteiger partial charge in [-0.05, 0) is 56.0 Å². The smallest absolute Gasteiger partial charge is 0.207 e. The molecule has 3 nitrogen and oxygen atoms in total. The summed E-state index contributed by atoms with van der Waals surface area (Å²) in [6.07, 6.45) is 3.46. The van der Waals surface area contributed by atoms with E-state index >= 15 is 0 Å². The van der Waals surface area contributed by atoms with Crippen LogP contribution in [0.5, 0.6) is 0 Å². The van der Waals surface area contributed by atoms with Gasteiger partial charge in [-0.2, -0.15) is 4.31 Å². The first-order chi connectivity index (χ1) is 11.9. The lowest BCUT2D eigenvalue weighted by atomic mass is 10.1. The summed E-state index contributed by atoms with van der Waals surface area (Å²) in [5, 5.41) is 0.538. The number of benzene rings is 2. The first-order valence-corrected chi connectivity index (χ1v) is 10.6. The van der Waals surface area contributed by atoms with Gasteiger partial charge in [0.2, 0.25) is 10.0 Å². The average molecular weight is 380 g/mol. The molecule has 0 aromatic heterocycles. The fourth-order valence-corrected chi connectivity index (χ4v) is 4.79. The standard InChI is InChI=1S/C20H26ClNO2S/c1-3-8-17(2)22(16-7-11-18-9-5-4-6-10-18)25(23,24)20-14-12-19(21)13-15-20/h4-6,9-10,12-15,17H,3,7-8,11,16H2,1-2H3. The van der Waals surface area contributed by atoms with Crippen molar-refractivity contribution in [2.75, 3.05) is 6.54 Å². The van der Waals surface area contributed by atoms with E-state index in [1.54, 1.807) is 28.6 Å². The minimum absolute atomic E-state index is 0.0264. The predicted molar refractivity (Wildman–Crippen MR) is 104 cm³/mol. The van der Waals surface area contributed by atoms with Crippen LogP contribution in [0.15, 0.2) is 59.5 Å². The number of rotatable bonds is 9. The Kier molecular flexibility index (Phi) is 7.48. The van der Waals surface area contributed by atoms with E-state index in [2.05, 4.69) is 19.1 Å². The molecule has 25 heavy (non-hydrogen) atoms. The summed E-state index contributed by atoms with van der Waals surface area (Å²) in [4.78, 5) is 0.305. The van der Waals surface area contributed by atoms with Crippen molar-refractivity contribution in [2.45, 2.75) is 50.5 Å². The van der Waals surface area contributed by atoms with E-state index in [1.165, 1.54) is 5.56 Å². The molecule has 0 aliphatic rings. The molecule has 0 amide bonds. The molecule has 0 aliphatic heterocycles. The molecule has 2 aromatic rings. The van der Waals surface area contributed by atoms with Gasteiger partial charge < -0.3 is 0 Å². The van der Waals surface area contributed by atoms with E-state index in [0.29, 0.717) is 16.5 Å². The lowest BCUT2D eigenvalue weighted by Gasteiger charge is -2.28. The van der Waals surface area contributed by atoms with Crippen LogP contribution in [0, 0.1) is 0 Å². The molecule has 0 radical (unpaired) electrons. The predicted octanol–water partition coefficient (Wildman–Crippen LogP) is 5.15. The maximum absolute atomic E-state index is 13.1. The van der Waals surface area contributed by atoms with Crippen LogP contribution in [0.4, 0.5) is 0 Å². The molecule has 136 valence electrons. The van der Waals surface area contributed by atoms with Gasteiger partial charge in [0.1, 0.15) is 0 Å². The summed E-state index contributed by atoms with van der Waals surface area (Å²) in [5.41, 5.74) is 1.23. The van der Waals surface area contributed by atoms with Crippen molar-refractivity contribution in [3.8, 4) is 0 Å². The summed E-state index contributed by atoms with van der Waals surface area (Å²) in [7, 11) is -3.52. The molecule has 0 spiro atoms. The second-order valence-electron chi connectivity index (χ2n) is 6.30. The van der Waals surface area contributed by atoms with Crippen LogP contribution in [-0.2, 0) is 16.4 Å². The number of hydrogen-bond donors (Lipinski definition) is 0. The molecular weight excluding hydrogens is 354 g/mol. The Morgan fingerprint density at radius 2 is 1.68 bits per heavy atom. The van der Waals surface area contributed by atoms with Crippen LogP contribution in [0.25, 0.3) is 0 Å². The maximum atomic E-state index is 13.1. The first-order valence-electron chi connectivity index (χ1n) is 8.76. The number of nitrogens with zero attached hydrogens (tertiary/aromatic N) is 1. The van der Waals surface area contributed by atoms with E-state index in [4.69, 9.17) is 11.6 Å². The van der Waals surface area contributed by atoms with Gasteiger partial charge in [-0.15, -0.1) is 0 Å². The number of sulfonamides is 1. The fourth-order valence-electron chi connectivity index (χ4n) is 2.96. The highest BCUT2D eigenvalue weighted by Gasteiger charge is 2.28. The summed E-state index contributed by atoms with van der Waals surface area (Å²) in [6.45, 7) is 4.58. The third-order valence-electron chi connectivity index (χ3n) is 4.31. The van der Waals surface area contributed by atoms with Crippen molar-refractivity contribution in [3.05, 3.63) is 65.2 Å². The lowest BCUT2D eigenvalue weighted by molar-refractivity contribution is 0.316. The van der Waals surface area contributed by atoms with Crippen LogP contribution in [0.1, 0.15) is 38.7 Å². The Morgan fingerprint density at radius 3 is 2.28 bits per heavy atom. The van der Waals surface area contributed by atoms with Crippen LogP contribution in [-0.4, -0.2) is 25.3 Å². The molecule has 0 aliphatic carbocycles. The molecule has 0 heterocycles. The van der Waals surface area contributed by atoms with Crippen molar-refractivity contribution in [3.63, 3.8) is 0 Å². The minimum atomic E-state index is -3.52. The Labute approximate surface area is 156 Å². The fraction of sp³-hybridized carbons (Fsp3) is 0.400. The Balaban J connectivity index is 2.15. The average Bonchev–Trinajstić information content (AvgIpc) is 2.60. The monoisotopic (exact) mass is 379 g/mol. The van der Waals surface area contributed by atoms with E-state index in [0.717, 1.165) is 25.7 Å². The molecule has 2 aromatic carbocycles. The maximum Gasteiger partial charge on any atom is 0.243 e. The SMILES string of the molecule is CCCC(C)N(CCCc1ccccc1)S(=O)(=O)c1ccc(Cl)cc1. The number of aryl methyl sites for hydroxylation is 1. The van der Waals surface area contributed by atoms with Crippen LogP contribution >= 0.6 is 11.6 Å². The Hall–Kier alpha value is -1.36. The highest BCUT2D eigenvalue weighted by atomic mass is 35.5. The molecule has 2 rings (SSSR count). The van der Waals surface area contributed by atoms with Crippen LogP contribution in [0.3, 0.4) is 0 Å². The van der Waals surface area contributed by atoms with Gasteiger partial charge in [-0.25, -0.2) is 8.42 Å². The minimum Gasteiger partial charge on any atom is -0.207 e. The molecule has 0 bridgehead atoms. The zero-order valence-corrected chi connectivity index (χ0v) is 16.4. The largest absolute Gasteiger partial charge is 0.243 e. The van der Waals surface area contributed by atoms with Crippen molar-refractivity contribution in [1.82, 2.24) is 4.31 Å². The van der Waals surface area contributed by atoms with Gasteiger partial charge in [0.05, 0.1) is 4.90 Å². The zero-order valence-electron chi connectivity index (χ0n) is 14.9. The third kappa shape index (κ3) is 5.56. The normalized spacial score (nSPS) is 13.1. The Morgan fingerprint density at radius 1 is 1.04 bits per heavy atom. The highest BCUT2D eigenvalue weighted by Crippen LogP contribution is 2.22. The molecule has 5 heteroatoms. The molecule has 0 fully saturated rings. The van der Waals surface area contributed by atoms with E-state index in [1.807, 2.05) is 25.1 Å². The van der Waals surface area contributed by atoms with Gasteiger partial charge in [-0.3, -0.25) is 0 Å². The topological polar surface area (TPSA) is 37.4 Å². The van der Waals surface area contributed by atoms with Crippen molar-refractivity contribution < 1.29 is 8.42 Å². The molecular formula is C20H26ClNO2S. The van der Waals surface area contributed by atoms with Gasteiger partial charge in [0.15, 0.2) is 0 Å². The van der Waals surface area contributed by atoms with Gasteiger partial charge in [0, 0.05) is 17.6 Å². The molecule has 0 N–H and O–H groups in total. The summed E-state index contributed by atoms with van der Waals surface area (Å²) >= 11 is 5.90. The van der Waals surface area contributed by atoms with Crippen LogP contribution in [0.2, 0.25) is 5.02 Å². The molecule has 1 unspecified atom stereocenters. The van der Waals surface area contributed by atoms with Gasteiger partial charge in [-0.1, -0.05) is 55.3 Å². The third-order valence-corrected chi connectivity index (χ3v) is 6.58. The number of hydrogen-bond acceptors (Lipinski definition) is 2. The highest BCUT2D eigenvalue weighted by molar-refractivity contribution is 7.89. The van der Waals surface area contributed by atoms with Crippen LogP contribution < -0.4 is 0 Å². The second kappa shape index (κ2) is 9.37. The Bertz CT molecular complexity index is 745. The summed E-state index contributed by atoms with van der Waals surface area (Å²) in [6, 6.07) is 16.6. The number of halogens is 1. The molecule has 0 saturated heterocycles. The van der Waals surface area contributed by atoms with Crippen molar-refractivity contribution in [1.29, 1.82) is 0 Å². The summed E-state index contributed by atoms with van der Waals surface area (Å²) in [5.74, 6) is 0. The van der Waals surface area contributed by atoms with Gasteiger partial charge in [0.25, 0.3) is 0 Å². The van der Waals surface area contributed by atoms with Crippen molar-refractivity contribution in [2.24, 2.45) is 0 Å². The van der Waals surface area contributed by atoms with E-state index in [9.17, 15) is 8.42 Å². The van der Waals surface area contributed by atoms with E-state index < -0.39 is 10.0 Å². The first kappa shape index (κ1) is 20.0. The molecule has 0 saturated carbocycles.